The summed E-state index contributed by atoms with van der Waals surface area (Å²) in [4.78, 5) is 0. The Bertz CT molecular complexity index is 531. The molecule has 0 saturated heterocycles. The van der Waals surface area contributed by atoms with Crippen molar-refractivity contribution >= 4 is 24.0 Å². The van der Waals surface area contributed by atoms with Gasteiger partial charge >= 0.3 is 0 Å². The van der Waals surface area contributed by atoms with Gasteiger partial charge in [0, 0.05) is 17.1 Å². The minimum atomic E-state index is -0.282. The second-order valence-electron chi connectivity index (χ2n) is 3.80. The van der Waals surface area contributed by atoms with Crippen molar-refractivity contribution in [2.24, 2.45) is 0 Å². The van der Waals surface area contributed by atoms with Crippen LogP contribution in [0.3, 0.4) is 0 Å². The van der Waals surface area contributed by atoms with Crippen molar-refractivity contribution in [3.8, 4) is 11.5 Å². The first-order valence-corrected chi connectivity index (χ1v) is 5.94. The van der Waals surface area contributed by atoms with Gasteiger partial charge in [-0.3, -0.25) is 0 Å². The molecule has 102 valence electrons. The van der Waals surface area contributed by atoms with Gasteiger partial charge < -0.3 is 10.1 Å². The molecule has 2 nitrogen and oxygen atoms in total. The number of nitrogens with one attached hydrogen (secondary N) is 1. The van der Waals surface area contributed by atoms with Gasteiger partial charge in [0.15, 0.2) is 0 Å². The normalized spacial score (nSPS) is 9.84. The molecule has 0 fully saturated rings. The molecule has 0 heterocycles. The van der Waals surface area contributed by atoms with E-state index in [0.717, 1.165) is 0 Å². The van der Waals surface area contributed by atoms with Gasteiger partial charge in [-0.25, -0.2) is 4.39 Å². The van der Waals surface area contributed by atoms with E-state index in [1.807, 2.05) is 0 Å². The Morgan fingerprint density at radius 2 is 1.84 bits per heavy atom. The second-order valence-corrected chi connectivity index (χ2v) is 4.24. The van der Waals surface area contributed by atoms with E-state index in [2.05, 4.69) is 5.32 Å². The van der Waals surface area contributed by atoms with E-state index in [9.17, 15) is 4.39 Å². The van der Waals surface area contributed by atoms with Crippen LogP contribution >= 0.6 is 24.0 Å². The predicted octanol–water partition coefficient (Wildman–Crippen LogP) is 4.41. The summed E-state index contributed by atoms with van der Waals surface area (Å²) in [5, 5.41) is 3.56. The summed E-state index contributed by atoms with van der Waals surface area (Å²) in [6.07, 6.45) is 0. The van der Waals surface area contributed by atoms with Crippen LogP contribution in [-0.4, -0.2) is 7.05 Å². The maximum absolute atomic E-state index is 13.7. The first kappa shape index (κ1) is 15.8. The molecule has 2 aromatic carbocycles. The molecule has 0 bridgehead atoms. The molecular weight excluding hydrogens is 288 g/mol. The van der Waals surface area contributed by atoms with E-state index in [1.54, 1.807) is 43.4 Å². The molecule has 19 heavy (non-hydrogen) atoms. The number of benzene rings is 2. The van der Waals surface area contributed by atoms with Crippen molar-refractivity contribution < 1.29 is 9.13 Å². The van der Waals surface area contributed by atoms with Gasteiger partial charge in [-0.2, -0.15) is 0 Å². The van der Waals surface area contributed by atoms with Gasteiger partial charge in [0.1, 0.15) is 17.3 Å². The molecular formula is C14H14Cl2FNO. The number of halogens is 3. The molecule has 0 saturated carbocycles. The summed E-state index contributed by atoms with van der Waals surface area (Å²) in [6.45, 7) is 0.412. The third-order valence-corrected chi connectivity index (χ3v) is 2.72. The minimum absolute atomic E-state index is 0. The Balaban J connectivity index is 0.00000180. The fourth-order valence-electron chi connectivity index (χ4n) is 1.61. The monoisotopic (exact) mass is 301 g/mol. The van der Waals surface area contributed by atoms with Gasteiger partial charge in [-0.05, 0) is 43.4 Å². The molecule has 0 amide bonds. The molecule has 1 N–H and O–H groups in total. The highest BCUT2D eigenvalue weighted by atomic mass is 35.5. The van der Waals surface area contributed by atoms with Gasteiger partial charge in [-0.15, -0.1) is 12.4 Å². The molecule has 0 atom stereocenters. The maximum Gasteiger partial charge on any atom is 0.134 e. The van der Waals surface area contributed by atoms with Gasteiger partial charge in [0.05, 0.1) is 0 Å². The van der Waals surface area contributed by atoms with Crippen LogP contribution in [0.15, 0.2) is 42.5 Å². The van der Waals surface area contributed by atoms with Crippen LogP contribution in [0.5, 0.6) is 11.5 Å². The van der Waals surface area contributed by atoms with Gasteiger partial charge in [0.2, 0.25) is 0 Å². The van der Waals surface area contributed by atoms with Crippen molar-refractivity contribution in [3.05, 3.63) is 58.9 Å². The van der Waals surface area contributed by atoms with E-state index < -0.39 is 0 Å². The van der Waals surface area contributed by atoms with Crippen LogP contribution in [0.1, 0.15) is 5.56 Å². The largest absolute Gasteiger partial charge is 0.457 e. The lowest BCUT2D eigenvalue weighted by molar-refractivity contribution is 0.464. The zero-order chi connectivity index (χ0) is 13.0. The van der Waals surface area contributed by atoms with E-state index in [0.29, 0.717) is 28.6 Å². The van der Waals surface area contributed by atoms with Crippen LogP contribution in [0, 0.1) is 5.82 Å². The highest BCUT2D eigenvalue weighted by Gasteiger charge is 2.09. The summed E-state index contributed by atoms with van der Waals surface area (Å²) >= 11 is 5.80. The fourth-order valence-corrected chi connectivity index (χ4v) is 1.74. The molecule has 0 unspecified atom stereocenters. The highest BCUT2D eigenvalue weighted by molar-refractivity contribution is 6.30. The average molecular weight is 302 g/mol. The summed E-state index contributed by atoms with van der Waals surface area (Å²) in [5.74, 6) is 0.852. The topological polar surface area (TPSA) is 21.3 Å². The minimum Gasteiger partial charge on any atom is -0.457 e. The van der Waals surface area contributed by atoms with Crippen molar-refractivity contribution in [1.82, 2.24) is 5.32 Å². The molecule has 0 radical (unpaired) electrons. The Morgan fingerprint density at radius 3 is 2.47 bits per heavy atom. The highest BCUT2D eigenvalue weighted by Crippen LogP contribution is 2.27. The summed E-state index contributed by atoms with van der Waals surface area (Å²) in [6, 6.07) is 11.7. The fraction of sp³-hybridized carbons (Fsp3) is 0.143. The lowest BCUT2D eigenvalue weighted by atomic mass is 10.2. The quantitative estimate of drug-likeness (QED) is 0.903. The predicted molar refractivity (Wildman–Crippen MR) is 77.9 cm³/mol. The van der Waals surface area contributed by atoms with Crippen molar-refractivity contribution in [2.75, 3.05) is 7.05 Å². The first-order valence-electron chi connectivity index (χ1n) is 5.56. The number of rotatable bonds is 4. The molecule has 2 aromatic rings. The molecule has 0 spiro atoms. The lowest BCUT2D eigenvalue weighted by Gasteiger charge is -2.11. The van der Waals surface area contributed by atoms with Crippen LogP contribution < -0.4 is 10.1 Å². The van der Waals surface area contributed by atoms with E-state index in [1.165, 1.54) is 6.07 Å². The first-order chi connectivity index (χ1) is 8.70. The van der Waals surface area contributed by atoms with E-state index in [-0.39, 0.29) is 18.2 Å². The smallest absolute Gasteiger partial charge is 0.134 e. The van der Waals surface area contributed by atoms with Crippen LogP contribution in [0.2, 0.25) is 5.02 Å². The van der Waals surface area contributed by atoms with Crippen LogP contribution in [0.4, 0.5) is 4.39 Å². The average Bonchev–Trinajstić information content (AvgIpc) is 2.36. The molecule has 5 heteroatoms. The zero-order valence-electron chi connectivity index (χ0n) is 10.3. The number of hydrogen-bond acceptors (Lipinski definition) is 2. The third kappa shape index (κ3) is 4.10. The van der Waals surface area contributed by atoms with E-state index in [4.69, 9.17) is 16.3 Å². The molecule has 0 aliphatic heterocycles. The van der Waals surface area contributed by atoms with Crippen LogP contribution in [-0.2, 0) is 6.54 Å². The molecule has 0 aromatic heterocycles. The van der Waals surface area contributed by atoms with Crippen LogP contribution in [0.25, 0.3) is 0 Å². The summed E-state index contributed by atoms with van der Waals surface area (Å²) < 4.78 is 19.3. The maximum atomic E-state index is 13.7. The summed E-state index contributed by atoms with van der Waals surface area (Å²) in [7, 11) is 1.76. The molecule has 0 aliphatic rings. The number of hydrogen-bond donors (Lipinski definition) is 1. The van der Waals surface area contributed by atoms with Crippen molar-refractivity contribution in [1.29, 1.82) is 0 Å². The Morgan fingerprint density at radius 1 is 1.16 bits per heavy atom. The zero-order valence-corrected chi connectivity index (χ0v) is 11.9. The molecule has 2 rings (SSSR count). The van der Waals surface area contributed by atoms with Crippen molar-refractivity contribution in [3.63, 3.8) is 0 Å². The standard InChI is InChI=1S/C14H13ClFNO.ClH/c1-17-9-12-13(16)3-2-4-14(12)18-11-7-5-10(15)6-8-11;/h2-8,17H,9H2,1H3;1H. The van der Waals surface area contributed by atoms with Gasteiger partial charge in [-0.1, -0.05) is 17.7 Å². The Labute approximate surface area is 123 Å². The molecule has 0 aliphatic carbocycles. The third-order valence-electron chi connectivity index (χ3n) is 2.47. The van der Waals surface area contributed by atoms with E-state index >= 15 is 0 Å². The van der Waals surface area contributed by atoms with Gasteiger partial charge in [0.25, 0.3) is 0 Å². The second kappa shape index (κ2) is 7.34. The van der Waals surface area contributed by atoms with Crippen molar-refractivity contribution in [2.45, 2.75) is 6.54 Å². The number of ether oxygens (including phenoxy) is 1. The lowest BCUT2D eigenvalue weighted by Crippen LogP contribution is -2.08. The Hall–Kier alpha value is -1.29. The summed E-state index contributed by atoms with van der Waals surface area (Å²) in [5.41, 5.74) is 0.509. The SMILES string of the molecule is CNCc1c(F)cccc1Oc1ccc(Cl)cc1.Cl. The Kier molecular flexibility index (Phi) is 6.09.